The fraction of sp³-hybridized carbons (Fsp3) is 0.107. The molecule has 10 nitrogen and oxygen atoms in total. The average Bonchev–Trinajstić information content (AvgIpc) is 3.56. The normalized spacial score (nSPS) is 10.8. The molecule has 0 bridgehead atoms. The Kier molecular flexibility index (Phi) is 7.71. The molecule has 0 aliphatic rings. The van der Waals surface area contributed by atoms with Crippen molar-refractivity contribution in [2.75, 3.05) is 30.1 Å². The van der Waals surface area contributed by atoms with Crippen LogP contribution in [-0.4, -0.2) is 41.5 Å². The van der Waals surface area contributed by atoms with Gasteiger partial charge >= 0.3 is 5.97 Å². The Morgan fingerprint density at radius 3 is 2.58 bits per heavy atom. The van der Waals surface area contributed by atoms with E-state index in [2.05, 4.69) is 20.6 Å². The largest absolute Gasteiger partial charge is 0.495 e. The van der Waals surface area contributed by atoms with Gasteiger partial charge < -0.3 is 20.5 Å². The molecular formula is C28H23N5O5S2. The number of hydrogen-bond donors (Lipinski definition) is 3. The third-order valence-corrected chi connectivity index (χ3v) is 7.65. The van der Waals surface area contributed by atoms with Crippen LogP contribution in [0.2, 0.25) is 0 Å². The third-order valence-electron chi connectivity index (χ3n) is 5.78. The van der Waals surface area contributed by atoms with Crippen molar-refractivity contribution in [3.8, 4) is 17.0 Å². The molecule has 0 aliphatic carbocycles. The Morgan fingerprint density at radius 2 is 1.80 bits per heavy atom. The summed E-state index contributed by atoms with van der Waals surface area (Å²) in [6, 6.07) is 17.6. The second-order valence-electron chi connectivity index (χ2n) is 8.55. The summed E-state index contributed by atoms with van der Waals surface area (Å²) in [5.41, 5.74) is 9.35. The molecule has 0 radical (unpaired) electrons. The van der Waals surface area contributed by atoms with Crippen molar-refractivity contribution in [3.63, 3.8) is 0 Å². The van der Waals surface area contributed by atoms with E-state index in [1.54, 1.807) is 0 Å². The second kappa shape index (κ2) is 11.5. The van der Waals surface area contributed by atoms with E-state index < -0.39 is 24.4 Å². The van der Waals surface area contributed by atoms with Crippen molar-refractivity contribution in [3.05, 3.63) is 82.2 Å². The van der Waals surface area contributed by atoms with E-state index in [4.69, 9.17) is 15.2 Å². The fourth-order valence-electron chi connectivity index (χ4n) is 3.81. The molecule has 5 aromatic rings. The van der Waals surface area contributed by atoms with E-state index in [1.165, 1.54) is 48.0 Å². The van der Waals surface area contributed by atoms with Crippen LogP contribution in [0.3, 0.4) is 0 Å². The Labute approximate surface area is 236 Å². The lowest BCUT2D eigenvalue weighted by molar-refractivity contribution is -0.119. The molecule has 0 saturated carbocycles. The molecule has 4 N–H and O–H groups in total. The van der Waals surface area contributed by atoms with Crippen LogP contribution in [0.4, 0.5) is 16.5 Å². The quantitative estimate of drug-likeness (QED) is 0.210. The molecule has 12 heteroatoms. The average molecular weight is 574 g/mol. The number of aryl methyl sites for hydroxylation is 1. The number of rotatable bonds is 8. The molecule has 0 atom stereocenters. The van der Waals surface area contributed by atoms with E-state index in [0.717, 1.165) is 17.0 Å². The first kappa shape index (κ1) is 26.8. The van der Waals surface area contributed by atoms with Crippen LogP contribution in [0, 0.1) is 6.92 Å². The first-order chi connectivity index (χ1) is 19.3. The Bertz CT molecular complexity index is 1730. The summed E-state index contributed by atoms with van der Waals surface area (Å²) >= 11 is 2.44. The van der Waals surface area contributed by atoms with Crippen LogP contribution < -0.4 is 21.1 Å². The van der Waals surface area contributed by atoms with Crippen LogP contribution in [0.1, 0.15) is 25.7 Å². The first-order valence-electron chi connectivity index (χ1n) is 12.0. The Morgan fingerprint density at radius 1 is 1.00 bits per heavy atom. The zero-order valence-corrected chi connectivity index (χ0v) is 23.0. The number of nitrogens with one attached hydrogen (secondary N) is 2. The summed E-state index contributed by atoms with van der Waals surface area (Å²) < 4.78 is 10.5. The van der Waals surface area contributed by atoms with Crippen molar-refractivity contribution in [1.82, 2.24) is 9.97 Å². The SMILES string of the molecule is COc1ccc(C(=O)OCC(=O)Nc2nc(-c3ccccc3)cs2)cc1NC(=O)c1sc2nc(C)ccc2c1N. The molecule has 40 heavy (non-hydrogen) atoms. The standard InChI is InChI=1S/C28H23N5O5S2/c1-15-8-10-18-23(29)24(40-26(18)30-15)25(35)31-19-12-17(9-11-21(19)37-2)27(36)38-13-22(34)33-28-32-20(14-39-28)16-6-4-3-5-7-16/h3-12,14H,13,29H2,1-2H3,(H,31,35)(H,32,33,34). The van der Waals surface area contributed by atoms with Crippen molar-refractivity contribution < 1.29 is 23.9 Å². The number of aromatic nitrogens is 2. The lowest BCUT2D eigenvalue weighted by atomic mass is 10.1. The number of methoxy groups -OCH3 is 1. The molecule has 0 aliphatic heterocycles. The topological polar surface area (TPSA) is 146 Å². The highest BCUT2D eigenvalue weighted by molar-refractivity contribution is 7.21. The number of thiophene rings is 1. The number of fused-ring (bicyclic) bond motifs is 1. The summed E-state index contributed by atoms with van der Waals surface area (Å²) in [5.74, 6) is -1.43. The number of pyridine rings is 1. The summed E-state index contributed by atoms with van der Waals surface area (Å²) in [7, 11) is 1.44. The zero-order valence-electron chi connectivity index (χ0n) is 21.4. The number of carbonyl (C=O) groups excluding carboxylic acids is 3. The second-order valence-corrected chi connectivity index (χ2v) is 10.4. The van der Waals surface area contributed by atoms with Gasteiger partial charge in [-0.25, -0.2) is 14.8 Å². The minimum absolute atomic E-state index is 0.117. The molecule has 0 saturated heterocycles. The number of ether oxygens (including phenoxy) is 2. The third kappa shape index (κ3) is 5.77. The minimum atomic E-state index is -0.751. The highest BCUT2D eigenvalue weighted by Crippen LogP contribution is 2.34. The molecule has 2 aromatic carbocycles. The maximum absolute atomic E-state index is 13.1. The van der Waals surface area contributed by atoms with Crippen molar-refractivity contribution >= 4 is 67.2 Å². The Hall–Kier alpha value is -4.81. The number of nitrogens with two attached hydrogens (primary N) is 1. The summed E-state index contributed by atoms with van der Waals surface area (Å²) in [5, 5.41) is 8.29. The maximum atomic E-state index is 13.1. The first-order valence-corrected chi connectivity index (χ1v) is 13.6. The molecule has 0 fully saturated rings. The number of anilines is 3. The van der Waals surface area contributed by atoms with Crippen LogP contribution in [0.15, 0.2) is 66.0 Å². The van der Waals surface area contributed by atoms with Crippen molar-refractivity contribution in [2.24, 2.45) is 0 Å². The predicted octanol–water partition coefficient (Wildman–Crippen LogP) is 5.37. The predicted molar refractivity (Wildman–Crippen MR) is 156 cm³/mol. The highest BCUT2D eigenvalue weighted by atomic mass is 32.1. The monoisotopic (exact) mass is 573 g/mol. The number of benzene rings is 2. The number of carbonyl (C=O) groups is 3. The van der Waals surface area contributed by atoms with E-state index in [9.17, 15) is 14.4 Å². The Balaban J connectivity index is 1.24. The van der Waals surface area contributed by atoms with Gasteiger partial charge in [0, 0.05) is 22.0 Å². The highest BCUT2D eigenvalue weighted by Gasteiger charge is 2.20. The van der Waals surface area contributed by atoms with Gasteiger partial charge in [0.15, 0.2) is 11.7 Å². The number of nitrogen functional groups attached to an aromatic ring is 1. The molecule has 3 aromatic heterocycles. The lowest BCUT2D eigenvalue weighted by Gasteiger charge is -2.12. The van der Waals surface area contributed by atoms with E-state index >= 15 is 0 Å². The number of thiazole rings is 1. The molecule has 0 unspecified atom stereocenters. The molecule has 3 heterocycles. The van der Waals surface area contributed by atoms with Gasteiger partial charge in [-0.3, -0.25) is 14.9 Å². The number of esters is 1. The van der Waals surface area contributed by atoms with Crippen LogP contribution in [0.25, 0.3) is 21.5 Å². The van der Waals surface area contributed by atoms with Gasteiger partial charge in [-0.15, -0.1) is 22.7 Å². The van der Waals surface area contributed by atoms with Gasteiger partial charge in [0.25, 0.3) is 11.8 Å². The van der Waals surface area contributed by atoms with Gasteiger partial charge in [-0.2, -0.15) is 0 Å². The van der Waals surface area contributed by atoms with E-state index in [-0.39, 0.29) is 16.1 Å². The van der Waals surface area contributed by atoms with Crippen LogP contribution in [0.5, 0.6) is 5.75 Å². The summed E-state index contributed by atoms with van der Waals surface area (Å²) in [4.78, 5) is 47.9. The number of nitrogens with zero attached hydrogens (tertiary/aromatic N) is 2. The van der Waals surface area contributed by atoms with Gasteiger partial charge in [0.1, 0.15) is 15.5 Å². The van der Waals surface area contributed by atoms with Gasteiger partial charge in [-0.05, 0) is 37.3 Å². The van der Waals surface area contributed by atoms with Crippen LogP contribution in [-0.2, 0) is 9.53 Å². The summed E-state index contributed by atoms with van der Waals surface area (Å²) in [6.07, 6.45) is 0. The lowest BCUT2D eigenvalue weighted by Crippen LogP contribution is -2.21. The van der Waals surface area contributed by atoms with Crippen molar-refractivity contribution in [1.29, 1.82) is 0 Å². The number of hydrogen-bond acceptors (Lipinski definition) is 10. The molecule has 202 valence electrons. The van der Waals surface area contributed by atoms with E-state index in [0.29, 0.717) is 26.8 Å². The van der Waals surface area contributed by atoms with Gasteiger partial charge in [0.05, 0.1) is 29.7 Å². The molecule has 2 amide bonds. The molecule has 5 rings (SSSR count). The van der Waals surface area contributed by atoms with Gasteiger partial charge in [0.2, 0.25) is 0 Å². The van der Waals surface area contributed by atoms with Gasteiger partial charge in [-0.1, -0.05) is 30.3 Å². The summed E-state index contributed by atoms with van der Waals surface area (Å²) in [6.45, 7) is 1.34. The zero-order chi connectivity index (χ0) is 28.2. The van der Waals surface area contributed by atoms with Crippen LogP contribution >= 0.6 is 22.7 Å². The molecular weight excluding hydrogens is 550 g/mol. The van der Waals surface area contributed by atoms with Crippen molar-refractivity contribution in [2.45, 2.75) is 6.92 Å². The van der Waals surface area contributed by atoms with E-state index in [1.807, 2.05) is 54.8 Å². The fourth-order valence-corrected chi connectivity index (χ4v) is 5.58. The number of amides is 2. The smallest absolute Gasteiger partial charge is 0.338 e. The minimum Gasteiger partial charge on any atom is -0.495 e. The molecule has 0 spiro atoms. The maximum Gasteiger partial charge on any atom is 0.338 e.